The molecule has 0 unspecified atom stereocenters. The third-order valence-corrected chi connectivity index (χ3v) is 5.23. The van der Waals surface area contributed by atoms with E-state index in [1.54, 1.807) is 12.4 Å². The van der Waals surface area contributed by atoms with E-state index in [0.29, 0.717) is 32.5 Å². The molecular formula is C23H29N3O2. The van der Waals surface area contributed by atoms with Crippen molar-refractivity contribution < 1.29 is 9.59 Å². The second-order valence-electron chi connectivity index (χ2n) is 7.35. The van der Waals surface area contributed by atoms with Crippen LogP contribution < -0.4 is 0 Å². The Hall–Kier alpha value is -2.69. The molecule has 3 rings (SSSR count). The summed E-state index contributed by atoms with van der Waals surface area (Å²) in [6.07, 6.45) is 8.45. The van der Waals surface area contributed by atoms with E-state index in [0.717, 1.165) is 37.8 Å². The highest BCUT2D eigenvalue weighted by atomic mass is 16.2. The zero-order valence-electron chi connectivity index (χ0n) is 16.4. The van der Waals surface area contributed by atoms with Gasteiger partial charge in [0.25, 0.3) is 0 Å². The summed E-state index contributed by atoms with van der Waals surface area (Å²) < 4.78 is 0. The highest BCUT2D eigenvalue weighted by molar-refractivity contribution is 5.79. The molecule has 148 valence electrons. The Kier molecular flexibility index (Phi) is 7.59. The summed E-state index contributed by atoms with van der Waals surface area (Å²) in [6.45, 7) is 2.50. The van der Waals surface area contributed by atoms with Gasteiger partial charge in [0.1, 0.15) is 0 Å². The van der Waals surface area contributed by atoms with Crippen LogP contribution in [0.5, 0.6) is 0 Å². The predicted molar refractivity (Wildman–Crippen MR) is 109 cm³/mol. The zero-order chi connectivity index (χ0) is 19.6. The molecule has 0 atom stereocenters. The fraction of sp³-hybridized carbons (Fsp3) is 0.435. The number of benzene rings is 1. The quantitative estimate of drug-likeness (QED) is 0.706. The van der Waals surface area contributed by atoms with Crippen LogP contribution in [-0.4, -0.2) is 46.2 Å². The number of pyridine rings is 1. The smallest absolute Gasteiger partial charge is 0.224 e. The van der Waals surface area contributed by atoms with Crippen molar-refractivity contribution in [1.82, 2.24) is 14.8 Å². The van der Waals surface area contributed by atoms with Gasteiger partial charge in [0.15, 0.2) is 0 Å². The van der Waals surface area contributed by atoms with Gasteiger partial charge >= 0.3 is 0 Å². The van der Waals surface area contributed by atoms with Gasteiger partial charge in [0, 0.05) is 51.4 Å². The summed E-state index contributed by atoms with van der Waals surface area (Å²) in [6, 6.07) is 14.1. The molecule has 5 heteroatoms. The maximum absolute atomic E-state index is 13.0. The molecule has 0 spiro atoms. The van der Waals surface area contributed by atoms with Gasteiger partial charge in [-0.15, -0.1) is 0 Å². The van der Waals surface area contributed by atoms with Crippen molar-refractivity contribution in [3.63, 3.8) is 0 Å². The van der Waals surface area contributed by atoms with Gasteiger partial charge in [-0.25, -0.2) is 0 Å². The Morgan fingerprint density at radius 1 is 1.04 bits per heavy atom. The largest absolute Gasteiger partial charge is 0.342 e. The van der Waals surface area contributed by atoms with Gasteiger partial charge in [0.05, 0.1) is 0 Å². The summed E-state index contributed by atoms with van der Waals surface area (Å²) >= 11 is 0. The number of amides is 2. The summed E-state index contributed by atoms with van der Waals surface area (Å²) in [5.74, 6) is 0.283. The van der Waals surface area contributed by atoms with Crippen LogP contribution in [0.2, 0.25) is 0 Å². The summed E-state index contributed by atoms with van der Waals surface area (Å²) in [5, 5.41) is 0. The third-order valence-electron chi connectivity index (χ3n) is 5.23. The normalized spacial score (nSPS) is 14.6. The van der Waals surface area contributed by atoms with Gasteiger partial charge < -0.3 is 9.80 Å². The van der Waals surface area contributed by atoms with Crippen LogP contribution in [0.25, 0.3) is 0 Å². The van der Waals surface area contributed by atoms with Crippen molar-refractivity contribution in [2.24, 2.45) is 0 Å². The molecule has 1 saturated heterocycles. The number of nitrogens with zero attached hydrogens (tertiary/aromatic N) is 3. The molecule has 5 nitrogen and oxygen atoms in total. The molecule has 0 radical (unpaired) electrons. The Labute approximate surface area is 167 Å². The van der Waals surface area contributed by atoms with E-state index in [4.69, 9.17) is 0 Å². The molecule has 1 aliphatic heterocycles. The molecule has 1 aromatic carbocycles. The number of hydrogen-bond acceptors (Lipinski definition) is 3. The van der Waals surface area contributed by atoms with Crippen LogP contribution in [0.1, 0.15) is 43.2 Å². The number of hydrogen-bond donors (Lipinski definition) is 0. The molecule has 1 fully saturated rings. The Morgan fingerprint density at radius 3 is 2.64 bits per heavy atom. The first-order chi connectivity index (χ1) is 13.7. The van der Waals surface area contributed by atoms with Gasteiger partial charge in [-0.05, 0) is 36.5 Å². The van der Waals surface area contributed by atoms with Crippen LogP contribution in [0.15, 0.2) is 54.9 Å². The van der Waals surface area contributed by atoms with Crippen molar-refractivity contribution in [3.05, 3.63) is 66.0 Å². The lowest BCUT2D eigenvalue weighted by Crippen LogP contribution is -2.37. The van der Waals surface area contributed by atoms with Crippen LogP contribution in [-0.2, 0) is 22.6 Å². The minimum Gasteiger partial charge on any atom is -0.342 e. The summed E-state index contributed by atoms with van der Waals surface area (Å²) in [7, 11) is 0. The van der Waals surface area contributed by atoms with Crippen molar-refractivity contribution >= 4 is 11.8 Å². The van der Waals surface area contributed by atoms with Crippen molar-refractivity contribution in [3.8, 4) is 0 Å². The molecule has 1 aliphatic rings. The number of carbonyl (C=O) groups excluding carboxylic acids is 2. The Bertz CT molecular complexity index is 749. The maximum Gasteiger partial charge on any atom is 0.224 e. The highest BCUT2D eigenvalue weighted by Gasteiger charge is 2.20. The zero-order valence-corrected chi connectivity index (χ0v) is 16.4. The van der Waals surface area contributed by atoms with Gasteiger partial charge in [0.2, 0.25) is 11.8 Å². The molecule has 2 heterocycles. The van der Waals surface area contributed by atoms with E-state index < -0.39 is 0 Å². The molecule has 2 aromatic rings. The molecule has 0 saturated carbocycles. The molecule has 1 aromatic heterocycles. The lowest BCUT2D eigenvalue weighted by atomic mass is 10.1. The van der Waals surface area contributed by atoms with E-state index in [1.165, 1.54) is 5.56 Å². The van der Waals surface area contributed by atoms with E-state index in [9.17, 15) is 9.59 Å². The van der Waals surface area contributed by atoms with Gasteiger partial charge in [-0.1, -0.05) is 42.8 Å². The lowest BCUT2D eigenvalue weighted by Gasteiger charge is -2.25. The van der Waals surface area contributed by atoms with Crippen LogP contribution >= 0.6 is 0 Å². The minimum atomic E-state index is 0.0943. The monoisotopic (exact) mass is 379 g/mol. The molecular weight excluding hydrogens is 350 g/mol. The minimum absolute atomic E-state index is 0.0943. The first-order valence-corrected chi connectivity index (χ1v) is 10.2. The summed E-state index contributed by atoms with van der Waals surface area (Å²) in [5.41, 5.74) is 2.24. The van der Waals surface area contributed by atoms with Gasteiger partial charge in [-0.3, -0.25) is 14.6 Å². The average Bonchev–Trinajstić information content (AvgIpc) is 2.94. The van der Waals surface area contributed by atoms with Crippen molar-refractivity contribution in [2.45, 2.75) is 45.1 Å². The lowest BCUT2D eigenvalue weighted by molar-refractivity contribution is -0.134. The standard InChI is InChI=1S/C23H29N3O2/c27-22-11-5-2-6-15-25(22)17-13-23(28)26(19-21-10-7-14-24-18-21)16-12-20-8-3-1-4-9-20/h1,3-4,7-10,14,18H,2,5-6,11-13,15-17,19H2. The second-order valence-corrected chi connectivity index (χ2v) is 7.35. The fourth-order valence-corrected chi connectivity index (χ4v) is 3.58. The van der Waals surface area contributed by atoms with Crippen LogP contribution in [0, 0.1) is 0 Å². The molecule has 28 heavy (non-hydrogen) atoms. The van der Waals surface area contributed by atoms with E-state index in [1.807, 2.05) is 40.1 Å². The topological polar surface area (TPSA) is 53.5 Å². The Balaban J connectivity index is 1.60. The first-order valence-electron chi connectivity index (χ1n) is 10.2. The molecule has 2 amide bonds. The fourth-order valence-electron chi connectivity index (χ4n) is 3.58. The van der Waals surface area contributed by atoms with Crippen molar-refractivity contribution in [1.29, 1.82) is 0 Å². The molecule has 0 aliphatic carbocycles. The number of rotatable bonds is 8. The second kappa shape index (κ2) is 10.6. The SMILES string of the molecule is O=C1CCCCCN1CCC(=O)N(CCc1ccccc1)Cc1cccnc1. The third kappa shape index (κ3) is 6.19. The maximum atomic E-state index is 13.0. The summed E-state index contributed by atoms with van der Waals surface area (Å²) in [4.78, 5) is 33.1. The molecule has 0 bridgehead atoms. The average molecular weight is 380 g/mol. The van der Waals surface area contributed by atoms with Gasteiger partial charge in [-0.2, -0.15) is 0 Å². The van der Waals surface area contributed by atoms with Crippen molar-refractivity contribution in [2.75, 3.05) is 19.6 Å². The van der Waals surface area contributed by atoms with E-state index in [2.05, 4.69) is 17.1 Å². The number of likely N-dealkylation sites (tertiary alicyclic amines) is 1. The number of carbonyl (C=O) groups is 2. The van der Waals surface area contributed by atoms with Crippen LogP contribution in [0.4, 0.5) is 0 Å². The first kappa shape index (κ1) is 20.1. The highest BCUT2D eigenvalue weighted by Crippen LogP contribution is 2.13. The molecule has 0 N–H and O–H groups in total. The van der Waals surface area contributed by atoms with E-state index >= 15 is 0 Å². The van der Waals surface area contributed by atoms with Crippen LogP contribution in [0.3, 0.4) is 0 Å². The Morgan fingerprint density at radius 2 is 1.86 bits per heavy atom. The van der Waals surface area contributed by atoms with E-state index in [-0.39, 0.29) is 11.8 Å². The number of aromatic nitrogens is 1. The predicted octanol–water partition coefficient (Wildman–Crippen LogP) is 3.45.